The summed E-state index contributed by atoms with van der Waals surface area (Å²) in [4.78, 5) is 0. The summed E-state index contributed by atoms with van der Waals surface area (Å²) < 4.78 is 13.6. The van der Waals surface area contributed by atoms with Crippen LogP contribution >= 0.6 is 0 Å². The number of hydrogen-bond acceptors (Lipinski definition) is 3. The number of hydrogen-bond donors (Lipinski definition) is 2. The molecule has 0 saturated heterocycles. The van der Waals surface area contributed by atoms with Gasteiger partial charge >= 0.3 is 0 Å². The maximum atomic E-state index is 13.6. The van der Waals surface area contributed by atoms with Gasteiger partial charge in [-0.3, -0.25) is 0 Å². The molecule has 0 amide bonds. The number of nitrogens with one attached hydrogen (secondary N) is 1. The molecule has 2 N–H and O–H groups in total. The van der Waals surface area contributed by atoms with Crippen LogP contribution in [0.3, 0.4) is 0 Å². The van der Waals surface area contributed by atoms with Gasteiger partial charge in [-0.25, -0.2) is 9.82 Å². The highest BCUT2D eigenvalue weighted by Gasteiger charge is 2.29. The minimum Gasteiger partial charge on any atom is -0.388 e. The summed E-state index contributed by atoms with van der Waals surface area (Å²) in [6, 6.07) is 3.42. The molecule has 0 saturated carbocycles. The number of aliphatic hydroxyl groups is 1. The third-order valence-electron chi connectivity index (χ3n) is 3.88. The quantitative estimate of drug-likeness (QED) is 0.864. The van der Waals surface area contributed by atoms with Crippen LogP contribution in [0.15, 0.2) is 12.1 Å². The van der Waals surface area contributed by atoms with Crippen LogP contribution in [0.1, 0.15) is 37.8 Å². The SMILES string of the molecule is CCC(O)(CC)CN1NCc2cc(C)c(F)cc21. The van der Waals surface area contributed by atoms with E-state index < -0.39 is 5.60 Å². The van der Waals surface area contributed by atoms with Crippen LogP contribution in [-0.4, -0.2) is 17.3 Å². The fourth-order valence-corrected chi connectivity index (χ4v) is 2.30. The molecule has 1 aliphatic rings. The van der Waals surface area contributed by atoms with Gasteiger partial charge in [0.1, 0.15) is 5.82 Å². The summed E-state index contributed by atoms with van der Waals surface area (Å²) in [7, 11) is 0. The highest BCUT2D eigenvalue weighted by molar-refractivity contribution is 5.58. The fourth-order valence-electron chi connectivity index (χ4n) is 2.30. The predicted octanol–water partition coefficient (Wildman–Crippen LogP) is 2.51. The van der Waals surface area contributed by atoms with Crippen molar-refractivity contribution in [2.75, 3.05) is 11.6 Å². The molecule has 0 fully saturated rings. The fraction of sp³-hybridized carbons (Fsp3) is 0.571. The van der Waals surface area contributed by atoms with Gasteiger partial charge in [0.15, 0.2) is 0 Å². The van der Waals surface area contributed by atoms with E-state index >= 15 is 0 Å². The number of halogens is 1. The van der Waals surface area contributed by atoms with Gasteiger partial charge in [0.2, 0.25) is 0 Å². The number of hydrazine groups is 1. The standard InChI is InChI=1S/C14H21FN2O/c1-4-14(18,5-2)9-17-13-7-12(15)10(3)6-11(13)8-16-17/h6-7,16,18H,4-5,8-9H2,1-3H3. The zero-order chi connectivity index (χ0) is 13.3. The van der Waals surface area contributed by atoms with E-state index in [1.807, 2.05) is 24.9 Å². The van der Waals surface area contributed by atoms with Crippen molar-refractivity contribution in [1.29, 1.82) is 0 Å². The van der Waals surface area contributed by atoms with Gasteiger partial charge in [-0.15, -0.1) is 0 Å². The lowest BCUT2D eigenvalue weighted by Gasteiger charge is -2.31. The molecule has 1 aliphatic heterocycles. The van der Waals surface area contributed by atoms with Gasteiger partial charge in [-0.2, -0.15) is 0 Å². The lowest BCUT2D eigenvalue weighted by Crippen LogP contribution is -2.46. The second-order valence-electron chi connectivity index (χ2n) is 5.08. The van der Waals surface area contributed by atoms with Gasteiger partial charge in [0.05, 0.1) is 17.8 Å². The number of anilines is 1. The predicted molar refractivity (Wildman–Crippen MR) is 70.9 cm³/mol. The molecule has 100 valence electrons. The molecule has 1 aromatic rings. The number of benzene rings is 1. The summed E-state index contributed by atoms with van der Waals surface area (Å²) in [6.07, 6.45) is 1.37. The van der Waals surface area contributed by atoms with E-state index in [4.69, 9.17) is 0 Å². The first-order valence-electron chi connectivity index (χ1n) is 6.51. The maximum Gasteiger partial charge on any atom is 0.128 e. The Morgan fingerprint density at radius 2 is 2.06 bits per heavy atom. The molecule has 0 atom stereocenters. The van der Waals surface area contributed by atoms with Crippen LogP contribution in [0.2, 0.25) is 0 Å². The van der Waals surface area contributed by atoms with Crippen molar-refractivity contribution in [2.45, 2.75) is 45.8 Å². The van der Waals surface area contributed by atoms with Gasteiger partial charge in [0.25, 0.3) is 0 Å². The Kier molecular flexibility index (Phi) is 3.59. The lowest BCUT2D eigenvalue weighted by atomic mass is 9.97. The van der Waals surface area contributed by atoms with E-state index in [-0.39, 0.29) is 5.82 Å². The van der Waals surface area contributed by atoms with Gasteiger partial charge in [-0.05, 0) is 43.0 Å². The second kappa shape index (κ2) is 4.86. The van der Waals surface area contributed by atoms with Crippen LogP contribution < -0.4 is 10.4 Å². The molecule has 4 heteroatoms. The summed E-state index contributed by atoms with van der Waals surface area (Å²) >= 11 is 0. The average molecular weight is 252 g/mol. The van der Waals surface area contributed by atoms with E-state index in [1.165, 1.54) is 0 Å². The van der Waals surface area contributed by atoms with E-state index in [2.05, 4.69) is 5.43 Å². The Labute approximate surface area is 108 Å². The Morgan fingerprint density at radius 1 is 1.39 bits per heavy atom. The second-order valence-corrected chi connectivity index (χ2v) is 5.08. The molecule has 18 heavy (non-hydrogen) atoms. The highest BCUT2D eigenvalue weighted by Crippen LogP contribution is 2.30. The molecule has 0 radical (unpaired) electrons. The van der Waals surface area contributed by atoms with Gasteiger partial charge < -0.3 is 10.1 Å². The number of nitrogens with zero attached hydrogens (tertiary/aromatic N) is 1. The van der Waals surface area contributed by atoms with Crippen molar-refractivity contribution >= 4 is 5.69 Å². The van der Waals surface area contributed by atoms with Crippen molar-refractivity contribution in [3.63, 3.8) is 0 Å². The minimum atomic E-state index is -0.726. The first-order valence-corrected chi connectivity index (χ1v) is 6.51. The number of fused-ring (bicyclic) bond motifs is 1. The molecule has 0 unspecified atom stereocenters. The molecule has 1 aromatic carbocycles. The van der Waals surface area contributed by atoms with Crippen LogP contribution in [0, 0.1) is 12.7 Å². The average Bonchev–Trinajstić information content (AvgIpc) is 2.72. The van der Waals surface area contributed by atoms with E-state index in [1.54, 1.807) is 13.0 Å². The summed E-state index contributed by atoms with van der Waals surface area (Å²) in [5.74, 6) is -0.195. The summed E-state index contributed by atoms with van der Waals surface area (Å²) in [6.45, 7) is 6.88. The molecule has 2 rings (SSSR count). The Balaban J connectivity index is 2.24. The van der Waals surface area contributed by atoms with Crippen LogP contribution in [-0.2, 0) is 6.54 Å². The zero-order valence-electron chi connectivity index (χ0n) is 11.3. The first kappa shape index (κ1) is 13.3. The molecular formula is C14H21FN2O. The summed E-state index contributed by atoms with van der Waals surface area (Å²) in [5, 5.41) is 12.2. The third-order valence-corrected chi connectivity index (χ3v) is 3.88. The molecule has 0 bridgehead atoms. The smallest absolute Gasteiger partial charge is 0.128 e. The Bertz CT molecular complexity index is 444. The first-order chi connectivity index (χ1) is 8.49. The van der Waals surface area contributed by atoms with Crippen molar-refractivity contribution in [3.05, 3.63) is 29.1 Å². The van der Waals surface area contributed by atoms with E-state index in [9.17, 15) is 9.50 Å². The number of aryl methyl sites for hydroxylation is 1. The zero-order valence-corrected chi connectivity index (χ0v) is 11.3. The molecule has 0 spiro atoms. The topological polar surface area (TPSA) is 35.5 Å². The van der Waals surface area contributed by atoms with Crippen LogP contribution in [0.4, 0.5) is 10.1 Å². The third kappa shape index (κ3) is 2.35. The van der Waals surface area contributed by atoms with Gasteiger partial charge in [0, 0.05) is 6.54 Å². The van der Waals surface area contributed by atoms with Crippen LogP contribution in [0.25, 0.3) is 0 Å². The number of rotatable bonds is 4. The lowest BCUT2D eigenvalue weighted by molar-refractivity contribution is 0.0376. The van der Waals surface area contributed by atoms with Crippen molar-refractivity contribution in [2.24, 2.45) is 0 Å². The Morgan fingerprint density at radius 3 is 2.67 bits per heavy atom. The van der Waals surface area contributed by atoms with Crippen LogP contribution in [0.5, 0.6) is 0 Å². The van der Waals surface area contributed by atoms with Crippen molar-refractivity contribution < 1.29 is 9.50 Å². The minimum absolute atomic E-state index is 0.195. The molecule has 3 nitrogen and oxygen atoms in total. The maximum absolute atomic E-state index is 13.6. The number of β-amino-alcohol motifs (C(OH)–C–C–N with tert-alkyl or cyclic N) is 1. The van der Waals surface area contributed by atoms with E-state index in [0.29, 0.717) is 31.5 Å². The summed E-state index contributed by atoms with van der Waals surface area (Å²) in [5.41, 5.74) is 5.08. The largest absolute Gasteiger partial charge is 0.388 e. The van der Waals surface area contributed by atoms with Crippen molar-refractivity contribution in [3.8, 4) is 0 Å². The molecule has 0 aliphatic carbocycles. The van der Waals surface area contributed by atoms with Gasteiger partial charge in [-0.1, -0.05) is 13.8 Å². The normalized spacial score (nSPS) is 15.1. The molecule has 0 aromatic heterocycles. The van der Waals surface area contributed by atoms with E-state index in [0.717, 1.165) is 11.3 Å². The highest BCUT2D eigenvalue weighted by atomic mass is 19.1. The Hall–Kier alpha value is -1.13. The molecular weight excluding hydrogens is 231 g/mol. The van der Waals surface area contributed by atoms with Crippen molar-refractivity contribution in [1.82, 2.24) is 5.43 Å². The monoisotopic (exact) mass is 252 g/mol. The molecule has 1 heterocycles.